The van der Waals surface area contributed by atoms with Gasteiger partial charge in [-0.25, -0.2) is 8.78 Å². The normalized spacial score (nSPS) is 10.3. The van der Waals surface area contributed by atoms with E-state index in [0.29, 0.717) is 0 Å². The standard InChI is InChI=1S/C16H16F2N2O/c1-10-6-7-12(8-11(10)2)19-9-15(21)20-16-13(17)4-3-5-14(16)18/h3-8,19H,9H2,1-2H3,(H,20,21). The maximum atomic E-state index is 13.4. The minimum atomic E-state index is -0.797. The van der Waals surface area contributed by atoms with Crippen LogP contribution in [0.2, 0.25) is 0 Å². The van der Waals surface area contributed by atoms with Gasteiger partial charge in [0.2, 0.25) is 5.91 Å². The number of anilines is 2. The molecule has 0 aliphatic heterocycles. The van der Waals surface area contributed by atoms with Crippen LogP contribution in [0.1, 0.15) is 11.1 Å². The number of carbonyl (C=O) groups excluding carboxylic acids is 1. The van der Waals surface area contributed by atoms with Crippen molar-refractivity contribution in [3.05, 3.63) is 59.2 Å². The van der Waals surface area contributed by atoms with Gasteiger partial charge >= 0.3 is 0 Å². The molecule has 0 aliphatic rings. The van der Waals surface area contributed by atoms with Crippen LogP contribution in [0.4, 0.5) is 20.2 Å². The molecule has 0 aromatic heterocycles. The first-order valence-electron chi connectivity index (χ1n) is 6.52. The third-order valence-corrected chi connectivity index (χ3v) is 3.19. The lowest BCUT2D eigenvalue weighted by atomic mass is 10.1. The number of aryl methyl sites for hydroxylation is 2. The van der Waals surface area contributed by atoms with Crippen molar-refractivity contribution in [2.45, 2.75) is 13.8 Å². The fraction of sp³-hybridized carbons (Fsp3) is 0.188. The van der Waals surface area contributed by atoms with E-state index >= 15 is 0 Å². The van der Waals surface area contributed by atoms with E-state index in [1.807, 2.05) is 32.0 Å². The van der Waals surface area contributed by atoms with Gasteiger partial charge in [-0.1, -0.05) is 12.1 Å². The summed E-state index contributed by atoms with van der Waals surface area (Å²) < 4.78 is 26.8. The lowest BCUT2D eigenvalue weighted by Crippen LogP contribution is -2.23. The molecule has 2 N–H and O–H groups in total. The van der Waals surface area contributed by atoms with Crippen molar-refractivity contribution in [3.8, 4) is 0 Å². The topological polar surface area (TPSA) is 41.1 Å². The Bertz CT molecular complexity index is 651. The van der Waals surface area contributed by atoms with Crippen LogP contribution < -0.4 is 10.6 Å². The molecule has 0 heterocycles. The van der Waals surface area contributed by atoms with Gasteiger partial charge in [-0.15, -0.1) is 0 Å². The number of carbonyl (C=O) groups is 1. The van der Waals surface area contributed by atoms with Crippen LogP contribution in [0.3, 0.4) is 0 Å². The SMILES string of the molecule is Cc1ccc(NCC(=O)Nc2c(F)cccc2F)cc1C. The molecule has 2 aromatic rings. The quantitative estimate of drug-likeness (QED) is 0.902. The number of rotatable bonds is 4. The molecule has 1 amide bonds. The van der Waals surface area contributed by atoms with Gasteiger partial charge in [-0.2, -0.15) is 0 Å². The van der Waals surface area contributed by atoms with Gasteiger partial charge in [-0.05, 0) is 49.2 Å². The van der Waals surface area contributed by atoms with E-state index in [9.17, 15) is 13.6 Å². The van der Waals surface area contributed by atoms with Gasteiger partial charge in [-0.3, -0.25) is 4.79 Å². The Labute approximate surface area is 122 Å². The van der Waals surface area contributed by atoms with E-state index in [2.05, 4.69) is 10.6 Å². The second-order valence-electron chi connectivity index (χ2n) is 4.80. The Morgan fingerprint density at radius 2 is 1.71 bits per heavy atom. The number of hydrogen-bond donors (Lipinski definition) is 2. The van der Waals surface area contributed by atoms with Crippen LogP contribution >= 0.6 is 0 Å². The van der Waals surface area contributed by atoms with Gasteiger partial charge in [0.15, 0.2) is 0 Å². The van der Waals surface area contributed by atoms with Crippen LogP contribution in [0, 0.1) is 25.5 Å². The molecular weight excluding hydrogens is 274 g/mol. The van der Waals surface area contributed by atoms with Crippen LogP contribution in [0.15, 0.2) is 36.4 Å². The van der Waals surface area contributed by atoms with E-state index < -0.39 is 23.2 Å². The Balaban J connectivity index is 1.97. The smallest absolute Gasteiger partial charge is 0.243 e. The Kier molecular flexibility index (Phi) is 4.52. The molecule has 0 aliphatic carbocycles. The van der Waals surface area contributed by atoms with Gasteiger partial charge in [0.25, 0.3) is 0 Å². The van der Waals surface area contributed by atoms with Crippen molar-refractivity contribution in [1.82, 2.24) is 0 Å². The number of nitrogens with one attached hydrogen (secondary N) is 2. The largest absolute Gasteiger partial charge is 0.376 e. The number of benzene rings is 2. The summed E-state index contributed by atoms with van der Waals surface area (Å²) >= 11 is 0. The number of para-hydroxylation sites is 1. The lowest BCUT2D eigenvalue weighted by Gasteiger charge is -2.10. The summed E-state index contributed by atoms with van der Waals surface area (Å²) in [6.07, 6.45) is 0. The average molecular weight is 290 g/mol. The number of amides is 1. The first-order valence-corrected chi connectivity index (χ1v) is 6.52. The molecule has 0 fully saturated rings. The maximum absolute atomic E-state index is 13.4. The summed E-state index contributed by atoms with van der Waals surface area (Å²) in [5.41, 5.74) is 2.60. The fourth-order valence-electron chi connectivity index (χ4n) is 1.83. The molecule has 110 valence electrons. The monoisotopic (exact) mass is 290 g/mol. The second kappa shape index (κ2) is 6.35. The van der Waals surface area contributed by atoms with Crippen molar-refractivity contribution < 1.29 is 13.6 Å². The van der Waals surface area contributed by atoms with Gasteiger partial charge < -0.3 is 10.6 Å². The highest BCUT2D eigenvalue weighted by atomic mass is 19.1. The fourth-order valence-corrected chi connectivity index (χ4v) is 1.83. The van der Waals surface area contributed by atoms with E-state index in [1.54, 1.807) is 0 Å². The van der Waals surface area contributed by atoms with E-state index in [1.165, 1.54) is 6.07 Å². The molecule has 3 nitrogen and oxygen atoms in total. The highest BCUT2D eigenvalue weighted by Gasteiger charge is 2.11. The summed E-state index contributed by atoms with van der Waals surface area (Å²) in [5, 5.41) is 5.14. The van der Waals surface area contributed by atoms with Crippen LogP contribution in [0.5, 0.6) is 0 Å². The molecular formula is C16H16F2N2O. The summed E-state index contributed by atoms with van der Waals surface area (Å²) in [7, 11) is 0. The van der Waals surface area contributed by atoms with E-state index in [4.69, 9.17) is 0 Å². The number of halogens is 2. The van der Waals surface area contributed by atoms with Crippen molar-refractivity contribution in [2.24, 2.45) is 0 Å². The first-order chi connectivity index (χ1) is 9.97. The molecule has 0 saturated heterocycles. The highest BCUT2D eigenvalue weighted by Crippen LogP contribution is 2.18. The first kappa shape index (κ1) is 15.0. The summed E-state index contributed by atoms with van der Waals surface area (Å²) in [5.74, 6) is -2.11. The molecule has 0 atom stereocenters. The van der Waals surface area contributed by atoms with Crippen molar-refractivity contribution in [2.75, 3.05) is 17.2 Å². The Hall–Kier alpha value is -2.43. The van der Waals surface area contributed by atoms with Crippen molar-refractivity contribution >= 4 is 17.3 Å². The minimum absolute atomic E-state index is 0.0731. The molecule has 0 radical (unpaired) electrons. The minimum Gasteiger partial charge on any atom is -0.376 e. The zero-order chi connectivity index (χ0) is 15.4. The lowest BCUT2D eigenvalue weighted by molar-refractivity contribution is -0.114. The van der Waals surface area contributed by atoms with Crippen molar-refractivity contribution in [1.29, 1.82) is 0 Å². The molecule has 2 aromatic carbocycles. The zero-order valence-electron chi connectivity index (χ0n) is 11.8. The molecule has 21 heavy (non-hydrogen) atoms. The van der Waals surface area contributed by atoms with Gasteiger partial charge in [0.05, 0.1) is 6.54 Å². The summed E-state index contributed by atoms with van der Waals surface area (Å²) in [6, 6.07) is 9.12. The highest BCUT2D eigenvalue weighted by molar-refractivity contribution is 5.94. The molecule has 0 bridgehead atoms. The molecule has 0 unspecified atom stereocenters. The van der Waals surface area contributed by atoms with Crippen molar-refractivity contribution in [3.63, 3.8) is 0 Å². The van der Waals surface area contributed by atoms with Gasteiger partial charge in [0, 0.05) is 5.69 Å². The number of hydrogen-bond acceptors (Lipinski definition) is 2. The predicted octanol–water partition coefficient (Wildman–Crippen LogP) is 3.63. The third kappa shape index (κ3) is 3.78. The molecule has 0 saturated carbocycles. The molecule has 0 spiro atoms. The molecule has 5 heteroatoms. The zero-order valence-corrected chi connectivity index (χ0v) is 11.8. The average Bonchev–Trinajstić information content (AvgIpc) is 2.44. The molecule has 2 rings (SSSR count). The van der Waals surface area contributed by atoms with Crippen LogP contribution in [-0.4, -0.2) is 12.5 Å². The third-order valence-electron chi connectivity index (χ3n) is 3.19. The second-order valence-corrected chi connectivity index (χ2v) is 4.80. The predicted molar refractivity (Wildman–Crippen MR) is 79.4 cm³/mol. The summed E-state index contributed by atoms with van der Waals surface area (Å²) in [4.78, 5) is 11.7. The van der Waals surface area contributed by atoms with E-state index in [-0.39, 0.29) is 6.54 Å². The van der Waals surface area contributed by atoms with Crippen LogP contribution in [-0.2, 0) is 4.79 Å². The summed E-state index contributed by atoms with van der Waals surface area (Å²) in [6.45, 7) is 3.89. The van der Waals surface area contributed by atoms with Gasteiger partial charge in [0.1, 0.15) is 17.3 Å². The Morgan fingerprint density at radius 3 is 2.33 bits per heavy atom. The Morgan fingerprint density at radius 1 is 1.05 bits per heavy atom. The van der Waals surface area contributed by atoms with Crippen LogP contribution in [0.25, 0.3) is 0 Å². The van der Waals surface area contributed by atoms with E-state index in [0.717, 1.165) is 28.9 Å². The maximum Gasteiger partial charge on any atom is 0.243 e.